The van der Waals surface area contributed by atoms with Crippen molar-refractivity contribution in [3.8, 4) is 5.75 Å². The molecule has 0 aromatic heterocycles. The van der Waals surface area contributed by atoms with Gasteiger partial charge in [0.15, 0.2) is 0 Å². The molecule has 172 valence electrons. The second kappa shape index (κ2) is 10.0. The molecule has 3 aromatic rings. The number of carbonyl (C=O) groups is 1. The molecule has 6 heteroatoms. The Morgan fingerprint density at radius 3 is 2.39 bits per heavy atom. The largest absolute Gasteiger partial charge is 0.489 e. The van der Waals surface area contributed by atoms with Crippen LogP contribution in [0.2, 0.25) is 0 Å². The van der Waals surface area contributed by atoms with Gasteiger partial charge in [-0.2, -0.15) is 0 Å². The van der Waals surface area contributed by atoms with Crippen LogP contribution in [0.25, 0.3) is 0 Å². The van der Waals surface area contributed by atoms with Crippen LogP contribution in [-0.4, -0.2) is 51.1 Å². The van der Waals surface area contributed by atoms with Gasteiger partial charge in [0.25, 0.3) is 5.91 Å². The number of carbonyl (C=O) groups excluding carboxylic acids is 1. The number of ether oxygens (including phenoxy) is 1. The van der Waals surface area contributed by atoms with E-state index in [2.05, 4.69) is 23.9 Å². The molecule has 5 nitrogen and oxygen atoms in total. The normalized spacial score (nSPS) is 15.7. The first-order valence-electron chi connectivity index (χ1n) is 11.2. The molecule has 1 amide bonds. The first kappa shape index (κ1) is 22.8. The van der Waals surface area contributed by atoms with E-state index in [1.54, 1.807) is 43.4 Å². The summed E-state index contributed by atoms with van der Waals surface area (Å²) < 4.78 is 20.7. The first-order valence-corrected chi connectivity index (χ1v) is 11.2. The fourth-order valence-electron chi connectivity index (χ4n) is 4.09. The molecule has 0 spiro atoms. The zero-order chi connectivity index (χ0) is 23.4. The van der Waals surface area contributed by atoms with Crippen LogP contribution in [-0.2, 0) is 6.61 Å². The summed E-state index contributed by atoms with van der Waals surface area (Å²) in [6.45, 7) is 2.09. The molecule has 33 heavy (non-hydrogen) atoms. The molecule has 0 N–H and O–H groups in total. The Kier molecular flexibility index (Phi) is 6.94. The van der Waals surface area contributed by atoms with Gasteiger partial charge in [-0.1, -0.05) is 30.3 Å². The summed E-state index contributed by atoms with van der Waals surface area (Å²) in [7, 11) is 5.76. The van der Waals surface area contributed by atoms with Gasteiger partial charge in [-0.25, -0.2) is 4.39 Å². The maximum absolute atomic E-state index is 14.9. The predicted molar refractivity (Wildman–Crippen MR) is 131 cm³/mol. The number of nitrogens with zero attached hydrogens (tertiary/aromatic N) is 3. The van der Waals surface area contributed by atoms with Crippen LogP contribution in [0.5, 0.6) is 5.75 Å². The molecular formula is C27H30FN3O2. The van der Waals surface area contributed by atoms with Crippen molar-refractivity contribution in [2.75, 3.05) is 44.0 Å². The van der Waals surface area contributed by atoms with Crippen molar-refractivity contribution < 1.29 is 13.9 Å². The highest BCUT2D eigenvalue weighted by Crippen LogP contribution is 2.29. The SMILES string of the molecule is CN(C(=O)c1ccc(OCc2ccccc2)cc1)c1ccc(N2CCC(N(C)C)C2)c(F)c1. The van der Waals surface area contributed by atoms with Crippen LogP contribution in [0.15, 0.2) is 72.8 Å². The van der Waals surface area contributed by atoms with E-state index in [0.717, 1.165) is 25.1 Å². The summed E-state index contributed by atoms with van der Waals surface area (Å²) >= 11 is 0. The minimum atomic E-state index is -0.309. The van der Waals surface area contributed by atoms with Crippen molar-refractivity contribution in [1.29, 1.82) is 0 Å². The minimum absolute atomic E-state index is 0.203. The van der Waals surface area contributed by atoms with Crippen LogP contribution in [0.4, 0.5) is 15.8 Å². The number of hydrogen-bond acceptors (Lipinski definition) is 4. The number of halogens is 1. The Hall–Kier alpha value is -3.38. The smallest absolute Gasteiger partial charge is 0.258 e. The zero-order valence-electron chi connectivity index (χ0n) is 19.4. The molecule has 1 saturated heterocycles. The van der Waals surface area contributed by atoms with Crippen molar-refractivity contribution >= 4 is 17.3 Å². The quantitative estimate of drug-likeness (QED) is 0.520. The number of amides is 1. The monoisotopic (exact) mass is 447 g/mol. The maximum atomic E-state index is 14.9. The van der Waals surface area contributed by atoms with E-state index in [4.69, 9.17) is 4.74 Å². The highest BCUT2D eigenvalue weighted by Gasteiger charge is 2.26. The lowest BCUT2D eigenvalue weighted by atomic mass is 10.1. The fourth-order valence-corrected chi connectivity index (χ4v) is 4.09. The molecule has 1 aliphatic heterocycles. The molecular weight excluding hydrogens is 417 g/mol. The summed E-state index contributed by atoms with van der Waals surface area (Å²) in [6, 6.07) is 22.4. The number of likely N-dealkylation sites (N-methyl/N-ethyl adjacent to an activating group) is 1. The molecule has 0 saturated carbocycles. The van der Waals surface area contributed by atoms with Gasteiger partial charge in [0.1, 0.15) is 18.2 Å². The standard InChI is InChI=1S/C27H30FN3O2/c1-29(2)23-15-16-31(18-23)26-14-11-22(17-25(26)28)30(3)27(32)21-9-12-24(13-10-21)33-19-20-7-5-4-6-8-20/h4-14,17,23H,15-16,18-19H2,1-3H3. The van der Waals surface area contributed by atoms with E-state index >= 15 is 0 Å². The Morgan fingerprint density at radius 1 is 1.03 bits per heavy atom. The summed E-state index contributed by atoms with van der Waals surface area (Å²) in [5.41, 5.74) is 2.70. The molecule has 1 aliphatic rings. The topological polar surface area (TPSA) is 36.0 Å². The zero-order valence-corrected chi connectivity index (χ0v) is 19.4. The third-order valence-electron chi connectivity index (χ3n) is 6.21. The summed E-state index contributed by atoms with van der Waals surface area (Å²) in [5.74, 6) is 0.178. The molecule has 1 atom stereocenters. The second-order valence-corrected chi connectivity index (χ2v) is 8.65. The van der Waals surface area contributed by atoms with Gasteiger partial charge >= 0.3 is 0 Å². The molecule has 4 rings (SSSR count). The van der Waals surface area contributed by atoms with Crippen LogP contribution in [0.1, 0.15) is 22.3 Å². The average molecular weight is 448 g/mol. The van der Waals surface area contributed by atoms with Crippen molar-refractivity contribution in [2.24, 2.45) is 0 Å². The van der Waals surface area contributed by atoms with Gasteiger partial charge in [0, 0.05) is 37.4 Å². The van der Waals surface area contributed by atoms with Gasteiger partial charge < -0.3 is 19.4 Å². The van der Waals surface area contributed by atoms with Crippen molar-refractivity contribution in [1.82, 2.24) is 4.90 Å². The number of anilines is 2. The van der Waals surface area contributed by atoms with Gasteiger partial charge in [-0.05, 0) is 68.5 Å². The summed E-state index contributed by atoms with van der Waals surface area (Å²) in [4.78, 5) is 18.7. The third kappa shape index (κ3) is 5.34. The van der Waals surface area contributed by atoms with Gasteiger partial charge in [0.2, 0.25) is 0 Å². The van der Waals surface area contributed by atoms with Crippen LogP contribution in [0.3, 0.4) is 0 Å². The van der Waals surface area contributed by atoms with E-state index in [-0.39, 0.29) is 11.7 Å². The van der Waals surface area contributed by atoms with E-state index in [1.165, 1.54) is 11.0 Å². The van der Waals surface area contributed by atoms with Crippen molar-refractivity contribution in [3.05, 3.63) is 89.7 Å². The Bertz CT molecular complexity index is 1090. The van der Waals surface area contributed by atoms with Crippen molar-refractivity contribution in [3.63, 3.8) is 0 Å². The average Bonchev–Trinajstić information content (AvgIpc) is 3.33. The lowest BCUT2D eigenvalue weighted by Crippen LogP contribution is -2.31. The fraction of sp³-hybridized carbons (Fsp3) is 0.296. The molecule has 3 aromatic carbocycles. The molecule has 1 fully saturated rings. The molecule has 1 unspecified atom stereocenters. The van der Waals surface area contributed by atoms with E-state index in [9.17, 15) is 9.18 Å². The Labute approximate surface area is 195 Å². The van der Waals surface area contributed by atoms with Crippen LogP contribution >= 0.6 is 0 Å². The van der Waals surface area contributed by atoms with Gasteiger partial charge in [-0.15, -0.1) is 0 Å². The second-order valence-electron chi connectivity index (χ2n) is 8.65. The number of rotatable bonds is 7. The Morgan fingerprint density at radius 2 is 1.76 bits per heavy atom. The first-order chi connectivity index (χ1) is 15.9. The Balaban J connectivity index is 1.40. The lowest BCUT2D eigenvalue weighted by Gasteiger charge is -2.23. The predicted octanol–water partition coefficient (Wildman–Crippen LogP) is 4.82. The number of hydrogen-bond donors (Lipinski definition) is 0. The number of benzene rings is 3. The van der Waals surface area contributed by atoms with Crippen LogP contribution in [0, 0.1) is 5.82 Å². The molecule has 1 heterocycles. The highest BCUT2D eigenvalue weighted by molar-refractivity contribution is 6.05. The summed E-state index contributed by atoms with van der Waals surface area (Å²) in [6.07, 6.45) is 1.01. The lowest BCUT2D eigenvalue weighted by molar-refractivity contribution is 0.0993. The van der Waals surface area contributed by atoms with E-state index < -0.39 is 0 Å². The summed E-state index contributed by atoms with van der Waals surface area (Å²) in [5, 5.41) is 0. The van der Waals surface area contributed by atoms with E-state index in [0.29, 0.717) is 35.3 Å². The van der Waals surface area contributed by atoms with Crippen molar-refractivity contribution in [2.45, 2.75) is 19.1 Å². The molecule has 0 bridgehead atoms. The van der Waals surface area contributed by atoms with Crippen LogP contribution < -0.4 is 14.5 Å². The highest BCUT2D eigenvalue weighted by atomic mass is 19.1. The minimum Gasteiger partial charge on any atom is -0.489 e. The molecule has 0 radical (unpaired) electrons. The van der Waals surface area contributed by atoms with E-state index in [1.807, 2.05) is 30.3 Å². The maximum Gasteiger partial charge on any atom is 0.258 e. The van der Waals surface area contributed by atoms with Gasteiger partial charge in [-0.3, -0.25) is 4.79 Å². The van der Waals surface area contributed by atoms with Gasteiger partial charge in [0.05, 0.1) is 5.69 Å². The third-order valence-corrected chi connectivity index (χ3v) is 6.21. The molecule has 0 aliphatic carbocycles.